The molecule has 202 valence electrons. The molecule has 0 fully saturated rings. The van der Waals surface area contributed by atoms with E-state index < -0.39 is 5.97 Å². The Kier molecular flexibility index (Phi) is 20.7. The maximum absolute atomic E-state index is 12.5. The first kappa shape index (κ1) is 35.5. The number of rotatable bonds is 6. The van der Waals surface area contributed by atoms with Crippen LogP contribution in [0.5, 0.6) is 0 Å². The quantitative estimate of drug-likeness (QED) is 0.352. The number of nitrogens with two attached hydrogens (primary N) is 2. The van der Waals surface area contributed by atoms with Crippen molar-refractivity contribution in [2.75, 3.05) is 6.54 Å². The van der Waals surface area contributed by atoms with E-state index in [9.17, 15) is 14.0 Å². The molecule has 0 unspecified atom stereocenters. The second kappa shape index (κ2) is 21.6. The van der Waals surface area contributed by atoms with Crippen molar-refractivity contribution in [3.8, 4) is 11.1 Å². The van der Waals surface area contributed by atoms with Crippen LogP contribution in [0, 0.1) is 5.82 Å². The molecule has 3 rings (SSSR count). The van der Waals surface area contributed by atoms with E-state index in [4.69, 9.17) is 15.6 Å². The van der Waals surface area contributed by atoms with Crippen molar-refractivity contribution >= 4 is 18.5 Å². The number of halogens is 1. The molecule has 0 spiro atoms. The molecule has 0 radical (unpaired) electrons. The van der Waals surface area contributed by atoms with Gasteiger partial charge in [0.1, 0.15) is 18.4 Å². The molecule has 0 saturated carbocycles. The largest absolute Gasteiger partial charge is 0.481 e. The molecule has 6 nitrogen and oxygen atoms in total. The number of carbonyl (C=O) groups is 3. The van der Waals surface area contributed by atoms with E-state index in [1.807, 2.05) is 70.2 Å². The van der Waals surface area contributed by atoms with Crippen LogP contribution in [0.1, 0.15) is 57.0 Å². The van der Waals surface area contributed by atoms with Gasteiger partial charge in [0.15, 0.2) is 0 Å². The highest BCUT2D eigenvalue weighted by molar-refractivity contribution is 5.76. The fourth-order valence-corrected chi connectivity index (χ4v) is 2.51. The molecule has 0 aliphatic carbocycles. The van der Waals surface area contributed by atoms with Crippen LogP contribution in [0.25, 0.3) is 11.1 Å². The summed E-state index contributed by atoms with van der Waals surface area (Å²) in [5.41, 5.74) is 14.3. The SMILES string of the molecule is CC.CC(C)(N)Cc1ccc(F)cc1.CCC(=O)O.NCC=O.O=Cc1ccc(-c2ccccc2)cc1. The zero-order valence-electron chi connectivity index (χ0n) is 22.5. The summed E-state index contributed by atoms with van der Waals surface area (Å²) in [5.74, 6) is -0.946. The topological polar surface area (TPSA) is 123 Å². The number of carboxylic acids is 1. The summed E-state index contributed by atoms with van der Waals surface area (Å²) in [6.45, 7) is 9.65. The molecular formula is C30H41FN2O4. The highest BCUT2D eigenvalue weighted by Gasteiger charge is 2.10. The number of benzene rings is 3. The highest BCUT2D eigenvalue weighted by atomic mass is 19.1. The molecule has 0 aromatic heterocycles. The molecule has 0 amide bonds. The Bertz CT molecular complexity index is 985. The molecule has 0 heterocycles. The number of aldehydes is 2. The number of hydrogen-bond acceptors (Lipinski definition) is 5. The normalized spacial score (nSPS) is 9.30. The zero-order chi connectivity index (χ0) is 28.7. The maximum Gasteiger partial charge on any atom is 0.303 e. The van der Waals surface area contributed by atoms with Gasteiger partial charge in [-0.2, -0.15) is 0 Å². The van der Waals surface area contributed by atoms with Crippen molar-refractivity contribution in [3.05, 3.63) is 95.8 Å². The van der Waals surface area contributed by atoms with Gasteiger partial charge in [0, 0.05) is 24.1 Å². The lowest BCUT2D eigenvalue weighted by Crippen LogP contribution is -2.34. The lowest BCUT2D eigenvalue weighted by Gasteiger charge is -2.17. The summed E-state index contributed by atoms with van der Waals surface area (Å²) in [6, 6.07) is 24.1. The Balaban J connectivity index is 0. The molecular weight excluding hydrogens is 471 g/mol. The van der Waals surface area contributed by atoms with Crippen LogP contribution in [-0.4, -0.2) is 35.7 Å². The van der Waals surface area contributed by atoms with E-state index >= 15 is 0 Å². The lowest BCUT2D eigenvalue weighted by atomic mass is 9.96. The number of aliphatic carboxylic acids is 1. The van der Waals surface area contributed by atoms with Crippen LogP contribution in [0.4, 0.5) is 4.39 Å². The molecule has 0 aliphatic rings. The third kappa shape index (κ3) is 20.2. The third-order valence-corrected chi connectivity index (χ3v) is 4.13. The van der Waals surface area contributed by atoms with Crippen LogP contribution < -0.4 is 11.5 Å². The second-order valence-corrected chi connectivity index (χ2v) is 8.05. The van der Waals surface area contributed by atoms with Gasteiger partial charge in [0.2, 0.25) is 0 Å². The van der Waals surface area contributed by atoms with E-state index in [0.717, 1.165) is 23.8 Å². The summed E-state index contributed by atoms with van der Waals surface area (Å²) in [7, 11) is 0. The first-order valence-corrected chi connectivity index (χ1v) is 12.1. The smallest absolute Gasteiger partial charge is 0.303 e. The van der Waals surface area contributed by atoms with E-state index in [1.165, 1.54) is 17.7 Å². The lowest BCUT2D eigenvalue weighted by molar-refractivity contribution is -0.136. The van der Waals surface area contributed by atoms with Crippen molar-refractivity contribution in [1.82, 2.24) is 0 Å². The van der Waals surface area contributed by atoms with Crippen molar-refractivity contribution in [2.45, 2.75) is 53.0 Å². The monoisotopic (exact) mass is 512 g/mol. The van der Waals surface area contributed by atoms with Crippen molar-refractivity contribution in [3.63, 3.8) is 0 Å². The summed E-state index contributed by atoms with van der Waals surface area (Å²) in [5, 5.41) is 7.72. The van der Waals surface area contributed by atoms with Crippen LogP contribution in [-0.2, 0) is 16.0 Å². The molecule has 3 aromatic rings. The van der Waals surface area contributed by atoms with Gasteiger partial charge in [0.25, 0.3) is 0 Å². The minimum Gasteiger partial charge on any atom is -0.481 e. The van der Waals surface area contributed by atoms with Gasteiger partial charge in [-0.15, -0.1) is 0 Å². The van der Waals surface area contributed by atoms with Crippen LogP contribution >= 0.6 is 0 Å². The fourth-order valence-electron chi connectivity index (χ4n) is 2.51. The van der Waals surface area contributed by atoms with E-state index in [2.05, 4.69) is 17.9 Å². The zero-order valence-corrected chi connectivity index (χ0v) is 22.5. The predicted molar refractivity (Wildman–Crippen MR) is 150 cm³/mol. The van der Waals surface area contributed by atoms with Crippen LogP contribution in [0.2, 0.25) is 0 Å². The minimum atomic E-state index is -0.745. The summed E-state index contributed by atoms with van der Waals surface area (Å²) in [6.07, 6.45) is 2.50. The maximum atomic E-state index is 12.5. The minimum absolute atomic E-state index is 0.139. The van der Waals surface area contributed by atoms with Gasteiger partial charge in [-0.05, 0) is 49.1 Å². The Morgan fingerprint density at radius 2 is 1.32 bits per heavy atom. The number of hydrogen-bond donors (Lipinski definition) is 3. The molecule has 5 N–H and O–H groups in total. The van der Waals surface area contributed by atoms with Gasteiger partial charge in [0.05, 0.1) is 0 Å². The Morgan fingerprint density at radius 1 is 0.892 bits per heavy atom. The molecule has 0 saturated heterocycles. The molecule has 7 heteroatoms. The molecule has 0 bridgehead atoms. The van der Waals surface area contributed by atoms with Gasteiger partial charge >= 0.3 is 5.97 Å². The first-order chi connectivity index (χ1) is 17.6. The average molecular weight is 513 g/mol. The first-order valence-electron chi connectivity index (χ1n) is 12.1. The van der Waals surface area contributed by atoms with Crippen LogP contribution in [0.3, 0.4) is 0 Å². The van der Waals surface area contributed by atoms with Crippen molar-refractivity contribution in [1.29, 1.82) is 0 Å². The number of carboxylic acid groups (broad SMARTS) is 1. The summed E-state index contributed by atoms with van der Waals surface area (Å²) in [4.78, 5) is 28.9. The second-order valence-electron chi connectivity index (χ2n) is 8.05. The molecule has 37 heavy (non-hydrogen) atoms. The Labute approximate surface area is 220 Å². The van der Waals surface area contributed by atoms with Crippen molar-refractivity contribution < 1.29 is 23.9 Å². The predicted octanol–water partition coefficient (Wildman–Crippen LogP) is 5.92. The Hall–Kier alpha value is -3.68. The van der Waals surface area contributed by atoms with Gasteiger partial charge in [-0.1, -0.05) is 87.5 Å². The molecule has 0 aliphatic heterocycles. The fraction of sp³-hybridized carbons (Fsp3) is 0.300. The van der Waals surface area contributed by atoms with E-state index in [0.29, 0.717) is 11.8 Å². The van der Waals surface area contributed by atoms with Crippen LogP contribution in [0.15, 0.2) is 78.9 Å². The van der Waals surface area contributed by atoms with E-state index in [1.54, 1.807) is 19.1 Å². The summed E-state index contributed by atoms with van der Waals surface area (Å²) >= 11 is 0. The highest BCUT2D eigenvalue weighted by Crippen LogP contribution is 2.18. The molecule has 3 aromatic carbocycles. The van der Waals surface area contributed by atoms with E-state index in [-0.39, 0.29) is 24.3 Å². The standard InChI is InChI=1S/C13H10O.C10H14FN.C3H6O2.C2H5NO.C2H6/c14-10-11-6-8-13(9-7-11)12-4-2-1-3-5-12;1-10(2,12)7-8-3-5-9(11)6-4-8;1-2-3(4)5;3-1-2-4;1-2/h1-10H;3-6H,7,12H2,1-2H3;2H2,1H3,(H,4,5);2H,1,3H2;1-2H3. The summed E-state index contributed by atoms with van der Waals surface area (Å²) < 4.78 is 12.5. The van der Waals surface area contributed by atoms with Crippen molar-refractivity contribution in [2.24, 2.45) is 11.5 Å². The van der Waals surface area contributed by atoms with Gasteiger partial charge < -0.3 is 21.4 Å². The van der Waals surface area contributed by atoms with Gasteiger partial charge in [-0.25, -0.2) is 4.39 Å². The van der Waals surface area contributed by atoms with Gasteiger partial charge in [-0.3, -0.25) is 9.59 Å². The average Bonchev–Trinajstić information content (AvgIpc) is 2.92. The molecule has 0 atom stereocenters. The third-order valence-electron chi connectivity index (χ3n) is 4.13. The number of carbonyl (C=O) groups excluding carboxylic acids is 2. The Morgan fingerprint density at radius 3 is 1.68 bits per heavy atom.